The first-order chi connectivity index (χ1) is 23.6. The predicted octanol–water partition coefficient (Wildman–Crippen LogP) is 8.37. The number of rotatable bonds is 13. The van der Waals surface area contributed by atoms with E-state index >= 15 is 0 Å². The zero-order chi connectivity index (χ0) is 36.5. The second-order valence-corrected chi connectivity index (χ2v) is 15.1. The summed E-state index contributed by atoms with van der Waals surface area (Å²) in [6, 6.07) is 22.7. The SMILES string of the molecule is CC(/C=C/c1ccc(CO)cc1)C(C/C=C/C(=O)OC(C)(C)C)OC(=O)C(CC(C)(C)C)NC(=O)OCC1c2ccccc2-c2ccccc21. The molecule has 1 aliphatic rings. The van der Waals surface area contributed by atoms with E-state index in [0.717, 1.165) is 33.4 Å². The standard InChI is InChI=1S/C42H51NO7/c1-28(19-20-29-21-23-30(26-44)24-22-29)37(17-12-18-38(45)50-42(5,6)7)49-39(46)36(25-41(2,3)4)43-40(47)48-27-35-33-15-10-8-13-31(33)32-14-9-11-16-34(32)35/h8-16,18-24,28,35-37,44H,17,25-27H2,1-7H3,(H,43,47)/b18-12+,20-19+. The molecule has 1 amide bonds. The summed E-state index contributed by atoms with van der Waals surface area (Å²) in [5, 5.41) is 12.2. The Morgan fingerprint density at radius 1 is 0.880 bits per heavy atom. The van der Waals surface area contributed by atoms with E-state index in [1.165, 1.54) is 6.08 Å². The second kappa shape index (κ2) is 16.8. The fraction of sp³-hybridized carbons (Fsp3) is 0.405. The summed E-state index contributed by atoms with van der Waals surface area (Å²) < 4.78 is 17.3. The van der Waals surface area contributed by atoms with Crippen LogP contribution in [-0.2, 0) is 30.4 Å². The number of aliphatic hydroxyl groups excluding tert-OH is 1. The normalized spacial score (nSPS) is 14.9. The van der Waals surface area contributed by atoms with Crippen molar-refractivity contribution >= 4 is 24.1 Å². The maximum absolute atomic E-state index is 13.8. The maximum atomic E-state index is 13.8. The first-order valence-corrected chi connectivity index (χ1v) is 17.2. The summed E-state index contributed by atoms with van der Waals surface area (Å²) in [5.74, 6) is -1.45. The highest BCUT2D eigenvalue weighted by atomic mass is 16.6. The van der Waals surface area contributed by atoms with E-state index in [4.69, 9.17) is 14.2 Å². The Balaban J connectivity index is 1.48. The van der Waals surface area contributed by atoms with Gasteiger partial charge < -0.3 is 24.6 Å². The van der Waals surface area contributed by atoms with Gasteiger partial charge in [-0.3, -0.25) is 0 Å². The molecule has 8 heteroatoms. The molecule has 2 N–H and O–H groups in total. The van der Waals surface area contributed by atoms with Gasteiger partial charge in [0.2, 0.25) is 0 Å². The van der Waals surface area contributed by atoms with Crippen LogP contribution in [0.15, 0.2) is 91.0 Å². The monoisotopic (exact) mass is 681 g/mol. The van der Waals surface area contributed by atoms with Gasteiger partial charge in [-0.15, -0.1) is 0 Å². The smallest absolute Gasteiger partial charge is 0.407 e. The molecule has 0 bridgehead atoms. The van der Waals surface area contributed by atoms with Crippen LogP contribution in [0.5, 0.6) is 0 Å². The molecule has 0 saturated heterocycles. The molecule has 0 heterocycles. The summed E-state index contributed by atoms with van der Waals surface area (Å²) in [7, 11) is 0. The number of fused-ring (bicyclic) bond motifs is 3. The summed E-state index contributed by atoms with van der Waals surface area (Å²) in [6.07, 6.45) is 6.06. The molecule has 0 aliphatic heterocycles. The summed E-state index contributed by atoms with van der Waals surface area (Å²) in [4.78, 5) is 39.5. The van der Waals surface area contributed by atoms with E-state index in [0.29, 0.717) is 6.42 Å². The Hall–Kier alpha value is -4.69. The summed E-state index contributed by atoms with van der Waals surface area (Å²) in [6.45, 7) is 13.4. The molecule has 50 heavy (non-hydrogen) atoms. The highest BCUT2D eigenvalue weighted by molar-refractivity contribution is 5.83. The van der Waals surface area contributed by atoms with Crippen LogP contribution in [0.3, 0.4) is 0 Å². The number of carbonyl (C=O) groups excluding carboxylic acids is 3. The Kier molecular flexibility index (Phi) is 12.8. The molecule has 3 atom stereocenters. The third kappa shape index (κ3) is 11.2. The average Bonchev–Trinajstić information content (AvgIpc) is 3.37. The Labute approximate surface area is 296 Å². The van der Waals surface area contributed by atoms with Crippen LogP contribution in [0.1, 0.15) is 89.5 Å². The highest BCUT2D eigenvalue weighted by Crippen LogP contribution is 2.44. The lowest BCUT2D eigenvalue weighted by molar-refractivity contribution is -0.153. The van der Waals surface area contributed by atoms with Crippen molar-refractivity contribution in [2.24, 2.45) is 11.3 Å². The van der Waals surface area contributed by atoms with Gasteiger partial charge in [0.1, 0.15) is 24.4 Å². The minimum absolute atomic E-state index is 0.0395. The number of nitrogens with one attached hydrogen (secondary N) is 1. The average molecular weight is 682 g/mol. The van der Waals surface area contributed by atoms with Crippen molar-refractivity contribution < 1.29 is 33.7 Å². The van der Waals surface area contributed by atoms with Gasteiger partial charge in [-0.2, -0.15) is 0 Å². The van der Waals surface area contributed by atoms with Crippen molar-refractivity contribution in [3.8, 4) is 11.1 Å². The summed E-state index contributed by atoms with van der Waals surface area (Å²) >= 11 is 0. The molecule has 3 aromatic carbocycles. The lowest BCUT2D eigenvalue weighted by atomic mass is 9.88. The van der Waals surface area contributed by atoms with Crippen LogP contribution in [0.25, 0.3) is 17.2 Å². The van der Waals surface area contributed by atoms with Crippen LogP contribution in [0, 0.1) is 11.3 Å². The van der Waals surface area contributed by atoms with Gasteiger partial charge in [0.25, 0.3) is 0 Å². The minimum atomic E-state index is -0.967. The number of amides is 1. The molecule has 3 unspecified atom stereocenters. The van der Waals surface area contributed by atoms with E-state index in [-0.39, 0.29) is 36.9 Å². The number of hydrogen-bond acceptors (Lipinski definition) is 7. The number of ether oxygens (including phenoxy) is 3. The molecule has 0 aromatic heterocycles. The van der Waals surface area contributed by atoms with Crippen molar-refractivity contribution in [2.45, 2.75) is 91.6 Å². The molecule has 0 spiro atoms. The first-order valence-electron chi connectivity index (χ1n) is 17.2. The lowest BCUT2D eigenvalue weighted by Gasteiger charge is -2.28. The molecular formula is C42H51NO7. The highest BCUT2D eigenvalue weighted by Gasteiger charge is 2.33. The molecule has 1 aliphatic carbocycles. The third-order valence-corrected chi connectivity index (χ3v) is 8.37. The quantitative estimate of drug-likeness (QED) is 0.106. The molecule has 3 aromatic rings. The molecule has 0 fully saturated rings. The Morgan fingerprint density at radius 2 is 1.48 bits per heavy atom. The van der Waals surface area contributed by atoms with Gasteiger partial charge in [0.15, 0.2) is 0 Å². The zero-order valence-corrected chi connectivity index (χ0v) is 30.3. The number of benzene rings is 3. The minimum Gasteiger partial charge on any atom is -0.460 e. The lowest BCUT2D eigenvalue weighted by Crippen LogP contribution is -2.46. The van der Waals surface area contributed by atoms with Crippen molar-refractivity contribution in [3.63, 3.8) is 0 Å². The van der Waals surface area contributed by atoms with Gasteiger partial charge in [0, 0.05) is 24.3 Å². The molecular weight excluding hydrogens is 630 g/mol. The first kappa shape index (κ1) is 38.1. The van der Waals surface area contributed by atoms with Gasteiger partial charge >= 0.3 is 18.0 Å². The molecule has 266 valence electrons. The second-order valence-electron chi connectivity index (χ2n) is 15.1. The van der Waals surface area contributed by atoms with Crippen LogP contribution < -0.4 is 5.32 Å². The van der Waals surface area contributed by atoms with E-state index in [1.54, 1.807) is 26.8 Å². The maximum Gasteiger partial charge on any atom is 0.407 e. The number of hydrogen-bond donors (Lipinski definition) is 2. The zero-order valence-electron chi connectivity index (χ0n) is 30.3. The predicted molar refractivity (Wildman–Crippen MR) is 196 cm³/mol. The fourth-order valence-electron chi connectivity index (χ4n) is 5.94. The third-order valence-electron chi connectivity index (χ3n) is 8.37. The van der Waals surface area contributed by atoms with E-state index in [1.807, 2.05) is 88.4 Å². The van der Waals surface area contributed by atoms with E-state index < -0.39 is 35.8 Å². The number of alkyl carbamates (subject to hydrolysis) is 1. The van der Waals surface area contributed by atoms with Crippen LogP contribution in [-0.4, -0.2) is 47.5 Å². The largest absolute Gasteiger partial charge is 0.460 e. The number of carbonyl (C=O) groups is 3. The van der Waals surface area contributed by atoms with Crippen molar-refractivity contribution in [1.29, 1.82) is 0 Å². The molecule has 0 saturated carbocycles. The van der Waals surface area contributed by atoms with Gasteiger partial charge in [0.05, 0.1) is 6.61 Å². The Bertz CT molecular complexity index is 1630. The van der Waals surface area contributed by atoms with E-state index in [2.05, 4.69) is 29.6 Å². The van der Waals surface area contributed by atoms with Crippen molar-refractivity contribution in [3.05, 3.63) is 113 Å². The van der Waals surface area contributed by atoms with Crippen LogP contribution >= 0.6 is 0 Å². The van der Waals surface area contributed by atoms with Gasteiger partial charge in [-0.25, -0.2) is 14.4 Å². The number of aliphatic hydroxyl groups is 1. The van der Waals surface area contributed by atoms with Crippen molar-refractivity contribution in [1.82, 2.24) is 5.32 Å². The molecule has 8 nitrogen and oxygen atoms in total. The van der Waals surface area contributed by atoms with Crippen LogP contribution in [0.2, 0.25) is 0 Å². The summed E-state index contributed by atoms with van der Waals surface area (Å²) in [5.41, 5.74) is 5.22. The van der Waals surface area contributed by atoms with Gasteiger partial charge in [-0.05, 0) is 66.0 Å². The molecule has 4 rings (SSSR count). The number of esters is 2. The fourth-order valence-corrected chi connectivity index (χ4v) is 5.94. The van der Waals surface area contributed by atoms with E-state index in [9.17, 15) is 19.5 Å². The topological polar surface area (TPSA) is 111 Å². The Morgan fingerprint density at radius 3 is 2.04 bits per heavy atom. The van der Waals surface area contributed by atoms with Crippen molar-refractivity contribution in [2.75, 3.05) is 6.61 Å². The van der Waals surface area contributed by atoms with Gasteiger partial charge in [-0.1, -0.05) is 119 Å². The van der Waals surface area contributed by atoms with Crippen LogP contribution in [0.4, 0.5) is 4.79 Å². The molecule has 0 radical (unpaired) electrons.